The summed E-state index contributed by atoms with van der Waals surface area (Å²) in [5.41, 5.74) is 1.47. The molecule has 2 heterocycles. The number of halogens is 3. The van der Waals surface area contributed by atoms with Crippen molar-refractivity contribution >= 4 is 11.6 Å². The first-order chi connectivity index (χ1) is 15.1. The molecule has 6 nitrogen and oxygen atoms in total. The largest absolute Gasteiger partial charge is 0.433 e. The van der Waals surface area contributed by atoms with Gasteiger partial charge in [0, 0.05) is 18.1 Å². The van der Waals surface area contributed by atoms with E-state index in [0.717, 1.165) is 29.0 Å². The minimum Gasteiger partial charge on any atom is -0.393 e. The Morgan fingerprint density at radius 2 is 1.72 bits per heavy atom. The highest BCUT2D eigenvalue weighted by Crippen LogP contribution is 2.37. The second-order valence-corrected chi connectivity index (χ2v) is 8.17. The Kier molecular flexibility index (Phi) is 5.87. The van der Waals surface area contributed by atoms with E-state index in [9.17, 15) is 23.4 Å². The standard InChI is InChI=1S/C23H23F3N4O2/c1-14-10-16(12-17(11-14)29-21-28-9-5-19(30-21)23(24,25)26)15-4-8-27-20(13-15)22(32)6-2-18(31)3-7-22/h4-5,8-13,18,31-32H,2-3,6-7H2,1H3,(H,28,29,30)/t18-,22+. The van der Waals surface area contributed by atoms with E-state index in [2.05, 4.69) is 20.3 Å². The van der Waals surface area contributed by atoms with Crippen molar-refractivity contribution in [3.63, 3.8) is 0 Å². The highest BCUT2D eigenvalue weighted by molar-refractivity contribution is 5.71. The monoisotopic (exact) mass is 444 g/mol. The van der Waals surface area contributed by atoms with E-state index < -0.39 is 23.6 Å². The summed E-state index contributed by atoms with van der Waals surface area (Å²) in [5, 5.41) is 23.6. The number of hydrogen-bond acceptors (Lipinski definition) is 6. The number of aliphatic hydroxyl groups is 2. The molecule has 0 aliphatic heterocycles. The molecule has 168 valence electrons. The Bertz CT molecular complexity index is 1110. The third-order valence-corrected chi connectivity index (χ3v) is 5.63. The highest BCUT2D eigenvalue weighted by Gasteiger charge is 2.35. The van der Waals surface area contributed by atoms with Crippen LogP contribution in [0.5, 0.6) is 0 Å². The molecule has 0 amide bonds. The van der Waals surface area contributed by atoms with Crippen LogP contribution in [-0.4, -0.2) is 31.3 Å². The maximum absolute atomic E-state index is 12.9. The molecule has 0 atom stereocenters. The van der Waals surface area contributed by atoms with Crippen molar-refractivity contribution in [1.29, 1.82) is 0 Å². The van der Waals surface area contributed by atoms with Crippen LogP contribution in [0.1, 0.15) is 42.6 Å². The normalized spacial score (nSPS) is 21.4. The highest BCUT2D eigenvalue weighted by atomic mass is 19.4. The molecule has 1 aliphatic rings. The Balaban J connectivity index is 1.63. The average Bonchev–Trinajstić information content (AvgIpc) is 2.75. The molecule has 3 N–H and O–H groups in total. The second-order valence-electron chi connectivity index (χ2n) is 8.17. The van der Waals surface area contributed by atoms with Crippen LogP contribution < -0.4 is 5.32 Å². The van der Waals surface area contributed by atoms with Gasteiger partial charge >= 0.3 is 6.18 Å². The number of aliphatic hydroxyl groups excluding tert-OH is 1. The lowest BCUT2D eigenvalue weighted by molar-refractivity contribution is -0.141. The van der Waals surface area contributed by atoms with Crippen molar-refractivity contribution in [2.24, 2.45) is 0 Å². The summed E-state index contributed by atoms with van der Waals surface area (Å²) >= 11 is 0. The summed E-state index contributed by atoms with van der Waals surface area (Å²) in [7, 11) is 0. The van der Waals surface area contributed by atoms with Gasteiger partial charge in [0.25, 0.3) is 0 Å². The Hall–Kier alpha value is -3.04. The Morgan fingerprint density at radius 1 is 1.00 bits per heavy atom. The predicted molar refractivity (Wildman–Crippen MR) is 113 cm³/mol. The maximum Gasteiger partial charge on any atom is 0.433 e. The smallest absolute Gasteiger partial charge is 0.393 e. The summed E-state index contributed by atoms with van der Waals surface area (Å²) in [6, 6.07) is 9.95. The molecule has 0 unspecified atom stereocenters. The van der Waals surface area contributed by atoms with Gasteiger partial charge < -0.3 is 15.5 Å². The van der Waals surface area contributed by atoms with Crippen molar-refractivity contribution in [3.8, 4) is 11.1 Å². The zero-order chi connectivity index (χ0) is 22.9. The van der Waals surface area contributed by atoms with Crippen molar-refractivity contribution in [2.75, 3.05) is 5.32 Å². The molecule has 2 aromatic heterocycles. The fourth-order valence-corrected chi connectivity index (χ4v) is 3.93. The predicted octanol–water partition coefficient (Wildman–Crippen LogP) is 4.73. The van der Waals surface area contributed by atoms with Gasteiger partial charge in [-0.3, -0.25) is 4.98 Å². The summed E-state index contributed by atoms with van der Waals surface area (Å²) in [4.78, 5) is 11.8. The number of benzene rings is 1. The summed E-state index contributed by atoms with van der Waals surface area (Å²) < 4.78 is 38.8. The molecule has 0 saturated heterocycles. The van der Waals surface area contributed by atoms with E-state index in [0.29, 0.717) is 37.1 Å². The van der Waals surface area contributed by atoms with Gasteiger partial charge in [-0.25, -0.2) is 9.97 Å². The number of aromatic nitrogens is 3. The van der Waals surface area contributed by atoms with Crippen LogP contribution in [0.3, 0.4) is 0 Å². The van der Waals surface area contributed by atoms with Gasteiger partial charge in [-0.1, -0.05) is 6.07 Å². The van der Waals surface area contributed by atoms with Crippen molar-refractivity contribution in [3.05, 3.63) is 65.7 Å². The summed E-state index contributed by atoms with van der Waals surface area (Å²) in [6.45, 7) is 1.87. The van der Waals surface area contributed by atoms with Crippen LogP contribution in [-0.2, 0) is 11.8 Å². The van der Waals surface area contributed by atoms with Crippen LogP contribution in [0.15, 0.2) is 48.8 Å². The average molecular weight is 444 g/mol. The van der Waals surface area contributed by atoms with Crippen LogP contribution >= 0.6 is 0 Å². The zero-order valence-corrected chi connectivity index (χ0v) is 17.4. The van der Waals surface area contributed by atoms with E-state index in [4.69, 9.17) is 0 Å². The molecular formula is C23H23F3N4O2. The molecule has 1 aromatic carbocycles. The first-order valence-corrected chi connectivity index (χ1v) is 10.3. The van der Waals surface area contributed by atoms with Gasteiger partial charge in [-0.05, 0) is 79.6 Å². The first kappa shape index (κ1) is 22.2. The molecule has 4 rings (SSSR count). The Labute approximate surface area is 183 Å². The topological polar surface area (TPSA) is 91.2 Å². The number of hydrogen-bond donors (Lipinski definition) is 3. The van der Waals surface area contributed by atoms with Crippen LogP contribution in [0, 0.1) is 6.92 Å². The van der Waals surface area contributed by atoms with E-state index >= 15 is 0 Å². The minimum atomic E-state index is -4.56. The third kappa shape index (κ3) is 4.89. The Morgan fingerprint density at radius 3 is 2.44 bits per heavy atom. The molecule has 32 heavy (non-hydrogen) atoms. The lowest BCUT2D eigenvalue weighted by atomic mass is 9.80. The van der Waals surface area contributed by atoms with Crippen molar-refractivity contribution < 1.29 is 23.4 Å². The SMILES string of the molecule is Cc1cc(Nc2nccc(C(F)(F)F)n2)cc(-c2ccnc([C@]3(O)CC[C@@H](O)CC3)c2)c1. The number of nitrogens with zero attached hydrogens (tertiary/aromatic N) is 3. The summed E-state index contributed by atoms with van der Waals surface area (Å²) in [5.74, 6) is -0.151. The van der Waals surface area contributed by atoms with Gasteiger partial charge in [0.1, 0.15) is 11.3 Å². The number of pyridine rings is 1. The van der Waals surface area contributed by atoms with E-state index in [1.165, 1.54) is 0 Å². The van der Waals surface area contributed by atoms with E-state index in [1.807, 2.05) is 25.1 Å². The fourth-order valence-electron chi connectivity index (χ4n) is 3.93. The fraction of sp³-hybridized carbons (Fsp3) is 0.348. The lowest BCUT2D eigenvalue weighted by Gasteiger charge is -2.34. The lowest BCUT2D eigenvalue weighted by Crippen LogP contribution is -2.34. The van der Waals surface area contributed by atoms with Crippen molar-refractivity contribution in [2.45, 2.75) is 50.5 Å². The number of rotatable bonds is 4. The molecule has 3 aromatic rings. The van der Waals surface area contributed by atoms with E-state index in [-0.39, 0.29) is 5.95 Å². The molecule has 0 bridgehead atoms. The van der Waals surface area contributed by atoms with Crippen LogP contribution in [0.25, 0.3) is 11.1 Å². The number of nitrogens with one attached hydrogen (secondary N) is 1. The summed E-state index contributed by atoms with van der Waals surface area (Å²) in [6.07, 6.45) is -0.390. The molecule has 1 aliphatic carbocycles. The molecular weight excluding hydrogens is 421 g/mol. The van der Waals surface area contributed by atoms with Crippen molar-refractivity contribution in [1.82, 2.24) is 15.0 Å². The first-order valence-electron chi connectivity index (χ1n) is 10.3. The number of aryl methyl sites for hydroxylation is 1. The van der Waals surface area contributed by atoms with Gasteiger partial charge in [0.15, 0.2) is 0 Å². The second kappa shape index (κ2) is 8.48. The van der Waals surface area contributed by atoms with Crippen LogP contribution in [0.4, 0.5) is 24.8 Å². The van der Waals surface area contributed by atoms with Gasteiger partial charge in [-0.15, -0.1) is 0 Å². The third-order valence-electron chi connectivity index (χ3n) is 5.63. The minimum absolute atomic E-state index is 0.151. The van der Waals surface area contributed by atoms with Gasteiger partial charge in [-0.2, -0.15) is 13.2 Å². The maximum atomic E-state index is 12.9. The molecule has 0 radical (unpaired) electrons. The van der Waals surface area contributed by atoms with Gasteiger partial charge in [0.05, 0.1) is 11.8 Å². The quantitative estimate of drug-likeness (QED) is 0.539. The molecule has 9 heteroatoms. The van der Waals surface area contributed by atoms with Crippen LogP contribution in [0.2, 0.25) is 0 Å². The van der Waals surface area contributed by atoms with Gasteiger partial charge in [0.2, 0.25) is 5.95 Å². The van der Waals surface area contributed by atoms with E-state index in [1.54, 1.807) is 18.3 Å². The zero-order valence-electron chi connectivity index (χ0n) is 17.4. The molecule has 0 spiro atoms. The number of alkyl halides is 3. The number of anilines is 2. The molecule has 1 saturated carbocycles. The molecule has 1 fully saturated rings.